The van der Waals surface area contributed by atoms with Crippen LogP contribution in [0.4, 0.5) is 5.82 Å². The number of piperidine rings is 1. The van der Waals surface area contributed by atoms with Gasteiger partial charge in [-0.25, -0.2) is 4.98 Å². The molecule has 1 aliphatic heterocycles. The molecule has 78 valence electrons. The number of thiazole rings is 1. The molecule has 14 heavy (non-hydrogen) atoms. The summed E-state index contributed by atoms with van der Waals surface area (Å²) in [5.41, 5.74) is 1.92. The van der Waals surface area contributed by atoms with Crippen molar-refractivity contribution in [2.24, 2.45) is 11.8 Å². The average molecular weight is 210 g/mol. The molecule has 0 saturated carbocycles. The second-order valence-electron chi connectivity index (χ2n) is 4.42. The van der Waals surface area contributed by atoms with E-state index in [2.05, 4.69) is 29.1 Å². The summed E-state index contributed by atoms with van der Waals surface area (Å²) >= 11 is 1.69. The van der Waals surface area contributed by atoms with Gasteiger partial charge >= 0.3 is 0 Å². The minimum atomic E-state index is 0.840. The zero-order chi connectivity index (χ0) is 9.97. The minimum Gasteiger partial charge on any atom is -0.356 e. The molecule has 0 spiro atoms. The molecule has 1 aromatic heterocycles. The van der Waals surface area contributed by atoms with E-state index in [4.69, 9.17) is 0 Å². The lowest BCUT2D eigenvalue weighted by Crippen LogP contribution is -2.35. The van der Waals surface area contributed by atoms with Gasteiger partial charge in [-0.2, -0.15) is 0 Å². The van der Waals surface area contributed by atoms with E-state index in [1.54, 1.807) is 11.3 Å². The largest absolute Gasteiger partial charge is 0.356 e. The Morgan fingerprint density at radius 2 is 2.14 bits per heavy atom. The average Bonchev–Trinajstić information content (AvgIpc) is 2.71. The first-order valence-electron chi connectivity index (χ1n) is 5.40. The number of rotatable bonds is 2. The molecule has 0 aliphatic carbocycles. The molecule has 0 N–H and O–H groups in total. The van der Waals surface area contributed by atoms with E-state index in [0.29, 0.717) is 0 Å². The van der Waals surface area contributed by atoms with Crippen molar-refractivity contribution in [2.75, 3.05) is 18.0 Å². The number of aromatic nitrogens is 1. The summed E-state index contributed by atoms with van der Waals surface area (Å²) in [6.07, 6.45) is 2.66. The lowest BCUT2D eigenvalue weighted by atomic mass is 9.87. The van der Waals surface area contributed by atoms with Crippen molar-refractivity contribution < 1.29 is 0 Å². The van der Waals surface area contributed by atoms with Gasteiger partial charge in [-0.05, 0) is 24.7 Å². The maximum absolute atomic E-state index is 4.35. The standard InChI is InChI=1S/C11H18N2S/c1-9(2)10-3-5-13(6-4-10)11-7-14-8-12-11/h7-10H,3-6H2,1-2H3. The van der Waals surface area contributed by atoms with Crippen molar-refractivity contribution in [3.63, 3.8) is 0 Å². The molecular weight excluding hydrogens is 192 g/mol. The second-order valence-corrected chi connectivity index (χ2v) is 5.13. The molecule has 0 unspecified atom stereocenters. The predicted molar refractivity (Wildman–Crippen MR) is 61.9 cm³/mol. The van der Waals surface area contributed by atoms with Crippen LogP contribution in [0.2, 0.25) is 0 Å². The van der Waals surface area contributed by atoms with E-state index >= 15 is 0 Å². The van der Waals surface area contributed by atoms with Crippen molar-refractivity contribution in [3.05, 3.63) is 10.9 Å². The molecule has 3 heteroatoms. The van der Waals surface area contributed by atoms with Gasteiger partial charge in [0.25, 0.3) is 0 Å². The van der Waals surface area contributed by atoms with Crippen molar-refractivity contribution >= 4 is 17.2 Å². The highest BCUT2D eigenvalue weighted by molar-refractivity contribution is 7.07. The molecule has 1 aromatic rings. The van der Waals surface area contributed by atoms with Crippen LogP contribution < -0.4 is 4.90 Å². The van der Waals surface area contributed by atoms with Gasteiger partial charge in [-0.3, -0.25) is 0 Å². The quantitative estimate of drug-likeness (QED) is 0.746. The molecule has 2 rings (SSSR count). The van der Waals surface area contributed by atoms with E-state index in [1.807, 2.05) is 5.51 Å². The summed E-state index contributed by atoms with van der Waals surface area (Å²) in [6, 6.07) is 0. The molecule has 2 heterocycles. The Morgan fingerprint density at radius 1 is 1.43 bits per heavy atom. The summed E-state index contributed by atoms with van der Waals surface area (Å²) in [6.45, 7) is 7.05. The summed E-state index contributed by atoms with van der Waals surface area (Å²) in [7, 11) is 0. The highest BCUT2D eigenvalue weighted by Gasteiger charge is 2.22. The third kappa shape index (κ3) is 2.08. The Hall–Kier alpha value is -0.570. The monoisotopic (exact) mass is 210 g/mol. The molecule has 0 radical (unpaired) electrons. The first-order valence-corrected chi connectivity index (χ1v) is 6.35. The number of hydrogen-bond donors (Lipinski definition) is 0. The Bertz CT molecular complexity index is 261. The topological polar surface area (TPSA) is 16.1 Å². The van der Waals surface area contributed by atoms with Crippen molar-refractivity contribution in [2.45, 2.75) is 26.7 Å². The predicted octanol–water partition coefficient (Wildman–Crippen LogP) is 3.02. The van der Waals surface area contributed by atoms with Crippen LogP contribution in [0.1, 0.15) is 26.7 Å². The summed E-state index contributed by atoms with van der Waals surface area (Å²) in [5, 5.41) is 2.15. The zero-order valence-electron chi connectivity index (χ0n) is 8.94. The van der Waals surface area contributed by atoms with Crippen molar-refractivity contribution in [1.29, 1.82) is 0 Å². The van der Waals surface area contributed by atoms with Gasteiger partial charge in [0.1, 0.15) is 5.82 Å². The van der Waals surface area contributed by atoms with E-state index in [0.717, 1.165) is 11.8 Å². The molecule has 1 fully saturated rings. The van der Waals surface area contributed by atoms with Crippen LogP contribution in [0.25, 0.3) is 0 Å². The highest BCUT2D eigenvalue weighted by Crippen LogP contribution is 2.27. The Kier molecular flexibility index (Phi) is 3.06. The molecule has 0 aromatic carbocycles. The van der Waals surface area contributed by atoms with Gasteiger partial charge in [0.15, 0.2) is 0 Å². The van der Waals surface area contributed by atoms with Gasteiger partial charge in [0.2, 0.25) is 0 Å². The molecule has 0 bridgehead atoms. The van der Waals surface area contributed by atoms with Gasteiger partial charge < -0.3 is 4.90 Å². The first-order chi connectivity index (χ1) is 6.77. The molecule has 0 atom stereocenters. The van der Waals surface area contributed by atoms with Crippen LogP contribution in [0.15, 0.2) is 10.9 Å². The van der Waals surface area contributed by atoms with Crippen molar-refractivity contribution in [3.8, 4) is 0 Å². The number of anilines is 1. The molecule has 1 aliphatic rings. The minimum absolute atomic E-state index is 0.840. The van der Waals surface area contributed by atoms with Crippen LogP contribution in [-0.2, 0) is 0 Å². The normalized spacial score (nSPS) is 19.2. The lowest BCUT2D eigenvalue weighted by molar-refractivity contribution is 0.311. The smallest absolute Gasteiger partial charge is 0.139 e. The maximum Gasteiger partial charge on any atom is 0.139 e. The van der Waals surface area contributed by atoms with Crippen LogP contribution in [0.3, 0.4) is 0 Å². The lowest BCUT2D eigenvalue weighted by Gasteiger charge is -2.33. The van der Waals surface area contributed by atoms with E-state index in [1.165, 1.54) is 31.7 Å². The molecular formula is C11H18N2S. The third-order valence-electron chi connectivity index (χ3n) is 3.23. The summed E-state index contributed by atoms with van der Waals surface area (Å²) in [4.78, 5) is 6.77. The van der Waals surface area contributed by atoms with Gasteiger partial charge in [-0.15, -0.1) is 11.3 Å². The number of nitrogens with zero attached hydrogens (tertiary/aromatic N) is 2. The molecule has 2 nitrogen and oxygen atoms in total. The molecule has 0 amide bonds. The van der Waals surface area contributed by atoms with E-state index in [-0.39, 0.29) is 0 Å². The second kappa shape index (κ2) is 4.30. The van der Waals surface area contributed by atoms with Gasteiger partial charge in [-0.1, -0.05) is 13.8 Å². The van der Waals surface area contributed by atoms with Crippen LogP contribution in [-0.4, -0.2) is 18.1 Å². The Morgan fingerprint density at radius 3 is 2.64 bits per heavy atom. The van der Waals surface area contributed by atoms with E-state index < -0.39 is 0 Å². The number of hydrogen-bond acceptors (Lipinski definition) is 3. The first kappa shape index (κ1) is 9.97. The third-order valence-corrected chi connectivity index (χ3v) is 3.80. The fourth-order valence-electron chi connectivity index (χ4n) is 2.16. The fraction of sp³-hybridized carbons (Fsp3) is 0.727. The van der Waals surface area contributed by atoms with E-state index in [9.17, 15) is 0 Å². The SMILES string of the molecule is CC(C)C1CCN(c2cscn2)CC1. The van der Waals surface area contributed by atoms with Gasteiger partial charge in [0, 0.05) is 18.5 Å². The highest BCUT2D eigenvalue weighted by atomic mass is 32.1. The Labute approximate surface area is 90.0 Å². The zero-order valence-corrected chi connectivity index (χ0v) is 9.76. The van der Waals surface area contributed by atoms with Gasteiger partial charge in [0.05, 0.1) is 5.51 Å². The van der Waals surface area contributed by atoms with Crippen LogP contribution >= 0.6 is 11.3 Å². The Balaban J connectivity index is 1.90. The molecule has 1 saturated heterocycles. The van der Waals surface area contributed by atoms with Crippen molar-refractivity contribution in [1.82, 2.24) is 4.98 Å². The van der Waals surface area contributed by atoms with Crippen LogP contribution in [0.5, 0.6) is 0 Å². The summed E-state index contributed by atoms with van der Waals surface area (Å²) in [5.74, 6) is 2.94. The maximum atomic E-state index is 4.35. The summed E-state index contributed by atoms with van der Waals surface area (Å²) < 4.78 is 0. The fourth-order valence-corrected chi connectivity index (χ4v) is 2.72. The van der Waals surface area contributed by atoms with Crippen LogP contribution in [0, 0.1) is 11.8 Å².